The van der Waals surface area contributed by atoms with E-state index in [2.05, 4.69) is 48.5 Å². The standard InChI is InChI=1S/C28H52/c1-20(2)10-8-11-22(5)24-13-14-26-23-12-9-17-27(6,18-15-21(3)4)25(23)16-19-28(24,26)7/h20-26H,8-19H2,1-7H3. The monoisotopic (exact) mass is 388 g/mol. The minimum absolute atomic E-state index is 0.648. The van der Waals surface area contributed by atoms with Gasteiger partial charge in [0.05, 0.1) is 0 Å². The molecule has 3 fully saturated rings. The van der Waals surface area contributed by atoms with Gasteiger partial charge in [-0.2, -0.15) is 0 Å². The average Bonchev–Trinajstić information content (AvgIpc) is 2.97. The van der Waals surface area contributed by atoms with Crippen LogP contribution in [0.4, 0.5) is 0 Å². The van der Waals surface area contributed by atoms with Crippen molar-refractivity contribution in [3.8, 4) is 0 Å². The first-order chi connectivity index (χ1) is 13.2. The van der Waals surface area contributed by atoms with Crippen molar-refractivity contribution in [3.63, 3.8) is 0 Å². The van der Waals surface area contributed by atoms with Crippen molar-refractivity contribution in [1.82, 2.24) is 0 Å². The predicted octanol–water partition coefficient (Wildman–Crippen LogP) is 9.13. The van der Waals surface area contributed by atoms with Gasteiger partial charge in [0.25, 0.3) is 0 Å². The third-order valence-corrected chi connectivity index (χ3v) is 10.1. The lowest BCUT2D eigenvalue weighted by molar-refractivity contribution is -0.0787. The summed E-state index contributed by atoms with van der Waals surface area (Å²) in [5.41, 5.74) is 1.31. The molecule has 7 atom stereocenters. The van der Waals surface area contributed by atoms with E-state index in [9.17, 15) is 0 Å². The Kier molecular flexibility index (Phi) is 7.30. The second kappa shape index (κ2) is 9.01. The van der Waals surface area contributed by atoms with Gasteiger partial charge in [0.1, 0.15) is 0 Å². The highest BCUT2D eigenvalue weighted by molar-refractivity contribution is 5.07. The van der Waals surface area contributed by atoms with Gasteiger partial charge in [-0.05, 0) is 97.2 Å². The normalized spacial score (nSPS) is 41.9. The van der Waals surface area contributed by atoms with Crippen molar-refractivity contribution >= 4 is 0 Å². The van der Waals surface area contributed by atoms with E-state index in [-0.39, 0.29) is 0 Å². The van der Waals surface area contributed by atoms with Crippen LogP contribution in [0.25, 0.3) is 0 Å². The van der Waals surface area contributed by atoms with Gasteiger partial charge in [-0.3, -0.25) is 0 Å². The molecule has 0 radical (unpaired) electrons. The topological polar surface area (TPSA) is 0 Å². The largest absolute Gasteiger partial charge is 0.0628 e. The van der Waals surface area contributed by atoms with E-state index >= 15 is 0 Å². The number of hydrogen-bond acceptors (Lipinski definition) is 0. The predicted molar refractivity (Wildman–Crippen MR) is 124 cm³/mol. The molecule has 0 heterocycles. The van der Waals surface area contributed by atoms with Crippen molar-refractivity contribution in [2.45, 2.75) is 126 Å². The Hall–Kier alpha value is 0. The lowest BCUT2D eigenvalue weighted by atomic mass is 9.48. The SMILES string of the molecule is CC(C)CCCC(C)C1CCC2C3CCCC(C)(CCC(C)C)C3CCC12C. The maximum absolute atomic E-state index is 2.74. The van der Waals surface area contributed by atoms with E-state index < -0.39 is 0 Å². The maximum Gasteiger partial charge on any atom is -0.0264 e. The van der Waals surface area contributed by atoms with E-state index in [1.54, 1.807) is 19.3 Å². The maximum atomic E-state index is 2.74. The highest BCUT2D eigenvalue weighted by atomic mass is 14.6. The van der Waals surface area contributed by atoms with E-state index in [0.717, 1.165) is 41.4 Å². The lowest BCUT2D eigenvalue weighted by Gasteiger charge is -2.57. The zero-order chi connectivity index (χ0) is 20.5. The summed E-state index contributed by atoms with van der Waals surface area (Å²) in [7, 11) is 0. The third kappa shape index (κ3) is 4.51. The van der Waals surface area contributed by atoms with E-state index in [1.807, 2.05) is 0 Å². The summed E-state index contributed by atoms with van der Waals surface area (Å²) in [6.07, 6.45) is 18.0. The molecule has 28 heavy (non-hydrogen) atoms. The minimum atomic E-state index is 0.648. The molecular formula is C28H52. The molecular weight excluding hydrogens is 336 g/mol. The Labute approximate surface area is 178 Å². The molecule has 0 N–H and O–H groups in total. The van der Waals surface area contributed by atoms with E-state index in [4.69, 9.17) is 0 Å². The zero-order valence-corrected chi connectivity index (χ0v) is 20.5. The second-order valence-electron chi connectivity index (χ2n) is 12.9. The molecule has 3 saturated carbocycles. The summed E-state index contributed by atoms with van der Waals surface area (Å²) >= 11 is 0. The van der Waals surface area contributed by atoms with Gasteiger partial charge in [0, 0.05) is 0 Å². The van der Waals surface area contributed by atoms with Gasteiger partial charge in [0.15, 0.2) is 0 Å². The van der Waals surface area contributed by atoms with E-state index in [0.29, 0.717) is 10.8 Å². The molecule has 0 aromatic heterocycles. The van der Waals surface area contributed by atoms with Gasteiger partial charge in [-0.1, -0.05) is 80.6 Å². The summed E-state index contributed by atoms with van der Waals surface area (Å²) in [4.78, 5) is 0. The Morgan fingerprint density at radius 2 is 1.46 bits per heavy atom. The van der Waals surface area contributed by atoms with Crippen LogP contribution in [0, 0.1) is 52.3 Å². The van der Waals surface area contributed by atoms with Crippen molar-refractivity contribution in [3.05, 3.63) is 0 Å². The summed E-state index contributed by atoms with van der Waals surface area (Å²) in [6.45, 7) is 17.7. The highest BCUT2D eigenvalue weighted by Crippen LogP contribution is 2.66. The van der Waals surface area contributed by atoms with Crippen molar-refractivity contribution in [1.29, 1.82) is 0 Å². The molecule has 0 aromatic rings. The van der Waals surface area contributed by atoms with Crippen LogP contribution < -0.4 is 0 Å². The molecule has 0 bridgehead atoms. The van der Waals surface area contributed by atoms with E-state index in [1.165, 1.54) is 57.8 Å². The van der Waals surface area contributed by atoms with Crippen LogP contribution in [0.5, 0.6) is 0 Å². The Balaban J connectivity index is 1.68. The highest BCUT2D eigenvalue weighted by Gasteiger charge is 2.57. The number of rotatable bonds is 8. The van der Waals surface area contributed by atoms with Crippen molar-refractivity contribution in [2.24, 2.45) is 52.3 Å². The Morgan fingerprint density at radius 3 is 2.14 bits per heavy atom. The summed E-state index contributed by atoms with van der Waals surface area (Å²) in [5.74, 6) is 6.83. The first-order valence-electron chi connectivity index (χ1n) is 13.2. The van der Waals surface area contributed by atoms with Gasteiger partial charge < -0.3 is 0 Å². The number of hydrogen-bond donors (Lipinski definition) is 0. The molecule has 0 amide bonds. The van der Waals surface area contributed by atoms with Crippen LogP contribution in [0.2, 0.25) is 0 Å². The quantitative estimate of drug-likeness (QED) is 0.389. The summed E-state index contributed by atoms with van der Waals surface area (Å²) in [6, 6.07) is 0. The van der Waals surface area contributed by atoms with Gasteiger partial charge >= 0.3 is 0 Å². The van der Waals surface area contributed by atoms with Crippen LogP contribution in [-0.2, 0) is 0 Å². The van der Waals surface area contributed by atoms with Crippen molar-refractivity contribution < 1.29 is 0 Å². The first-order valence-corrected chi connectivity index (χ1v) is 13.2. The van der Waals surface area contributed by atoms with Gasteiger partial charge in [-0.15, -0.1) is 0 Å². The lowest BCUT2D eigenvalue weighted by Crippen LogP contribution is -2.49. The van der Waals surface area contributed by atoms with Crippen LogP contribution in [-0.4, -0.2) is 0 Å². The number of fused-ring (bicyclic) bond motifs is 3. The van der Waals surface area contributed by atoms with Crippen molar-refractivity contribution in [2.75, 3.05) is 0 Å². The molecule has 164 valence electrons. The molecule has 7 unspecified atom stereocenters. The first kappa shape index (κ1) is 22.7. The molecule has 0 heteroatoms. The fraction of sp³-hybridized carbons (Fsp3) is 1.00. The average molecular weight is 389 g/mol. The van der Waals surface area contributed by atoms with Gasteiger partial charge in [-0.25, -0.2) is 0 Å². The second-order valence-corrected chi connectivity index (χ2v) is 12.9. The fourth-order valence-corrected chi connectivity index (χ4v) is 8.44. The Bertz CT molecular complexity index is 490. The molecule has 0 aliphatic heterocycles. The fourth-order valence-electron chi connectivity index (χ4n) is 8.44. The third-order valence-electron chi connectivity index (χ3n) is 10.1. The molecule has 3 aliphatic rings. The molecule has 0 nitrogen and oxygen atoms in total. The molecule has 0 aromatic carbocycles. The molecule has 0 spiro atoms. The summed E-state index contributed by atoms with van der Waals surface area (Å²) < 4.78 is 0. The minimum Gasteiger partial charge on any atom is -0.0628 e. The molecule has 3 rings (SSSR count). The molecule has 3 aliphatic carbocycles. The zero-order valence-electron chi connectivity index (χ0n) is 20.5. The summed E-state index contributed by atoms with van der Waals surface area (Å²) in [5, 5.41) is 0. The molecule has 0 saturated heterocycles. The van der Waals surface area contributed by atoms with Gasteiger partial charge in [0.2, 0.25) is 0 Å². The van der Waals surface area contributed by atoms with Crippen LogP contribution in [0.1, 0.15) is 126 Å². The smallest absolute Gasteiger partial charge is 0.0264 e. The Morgan fingerprint density at radius 1 is 0.750 bits per heavy atom. The van der Waals surface area contributed by atoms with Crippen LogP contribution in [0.3, 0.4) is 0 Å². The van der Waals surface area contributed by atoms with Crippen LogP contribution in [0.15, 0.2) is 0 Å². The van der Waals surface area contributed by atoms with Crippen LogP contribution >= 0.6 is 0 Å².